The van der Waals surface area contributed by atoms with Gasteiger partial charge in [0.2, 0.25) is 0 Å². The summed E-state index contributed by atoms with van der Waals surface area (Å²) in [5, 5.41) is 33.0. The average Bonchev–Trinajstić information content (AvgIpc) is 3.30. The van der Waals surface area contributed by atoms with Crippen LogP contribution in [0.15, 0.2) is 143 Å². The molecular weight excluding hydrogens is 829 g/mol. The number of esters is 1. The van der Waals surface area contributed by atoms with E-state index in [1.165, 1.54) is 31.2 Å². The number of para-hydroxylation sites is 2. The zero-order chi connectivity index (χ0) is 48.4. The number of benzene rings is 4. The first-order valence-corrected chi connectivity index (χ1v) is 23.8. The van der Waals surface area contributed by atoms with Crippen molar-refractivity contribution in [2.45, 2.75) is 123 Å². The third kappa shape index (κ3) is 12.4. The molecule has 6 rings (SSSR count). The quantitative estimate of drug-likeness (QED) is 0.0208. The van der Waals surface area contributed by atoms with Crippen LogP contribution in [0.3, 0.4) is 0 Å². The number of phenolic OH excluding ortho intramolecular Hbond substituents is 1. The highest BCUT2D eigenvalue weighted by atomic mass is 16.5. The monoisotopic (exact) mass is 899 g/mol. The van der Waals surface area contributed by atoms with Crippen LogP contribution >= 0.6 is 0 Å². The fourth-order valence-corrected chi connectivity index (χ4v) is 8.54. The van der Waals surface area contributed by atoms with E-state index in [1.807, 2.05) is 87.5 Å². The Bertz CT molecular complexity index is 2640. The molecule has 0 spiro atoms. The van der Waals surface area contributed by atoms with Crippen LogP contribution < -0.4 is 11.1 Å². The molecule has 0 aromatic heterocycles. The third-order valence-corrected chi connectivity index (χ3v) is 13.0. The van der Waals surface area contributed by atoms with Crippen molar-refractivity contribution in [3.05, 3.63) is 160 Å². The fraction of sp³-hybridized carbons (Fsp3) is 0.362. The van der Waals surface area contributed by atoms with Gasteiger partial charge in [0, 0.05) is 22.8 Å². The molecule has 9 heteroatoms. The van der Waals surface area contributed by atoms with Crippen LogP contribution in [0.4, 0.5) is 17.1 Å². The van der Waals surface area contributed by atoms with Crippen molar-refractivity contribution in [3.8, 4) is 5.75 Å². The van der Waals surface area contributed by atoms with Gasteiger partial charge in [0.25, 0.3) is 0 Å². The molecule has 0 atom stereocenters. The van der Waals surface area contributed by atoms with Gasteiger partial charge < -0.3 is 20.9 Å². The molecule has 350 valence electrons. The zero-order valence-electron chi connectivity index (χ0n) is 40.9. The first kappa shape index (κ1) is 49.8. The van der Waals surface area contributed by atoms with E-state index in [9.17, 15) is 15.3 Å². The van der Waals surface area contributed by atoms with Crippen molar-refractivity contribution in [2.24, 2.45) is 9.98 Å². The van der Waals surface area contributed by atoms with E-state index in [1.54, 1.807) is 0 Å². The number of unbranched alkanes of at least 4 members (excludes halogenated alkanes) is 5. The van der Waals surface area contributed by atoms with Gasteiger partial charge in [-0.3, -0.25) is 20.6 Å². The van der Waals surface area contributed by atoms with Gasteiger partial charge in [0.05, 0.1) is 46.5 Å². The molecule has 2 aliphatic carbocycles. The lowest BCUT2D eigenvalue weighted by Gasteiger charge is -2.36. The molecule has 2 aliphatic rings. The van der Waals surface area contributed by atoms with Crippen LogP contribution in [-0.2, 0) is 32.2 Å². The number of phenols is 1. The molecule has 0 heterocycles. The number of aromatic hydroxyl groups is 1. The van der Waals surface area contributed by atoms with Gasteiger partial charge in [-0.15, -0.1) is 0 Å². The number of nitrogens with one attached hydrogen (secondary N) is 3. The van der Waals surface area contributed by atoms with Gasteiger partial charge in [-0.2, -0.15) is 0 Å². The second-order valence-corrected chi connectivity index (χ2v) is 19.8. The lowest BCUT2D eigenvalue weighted by Crippen LogP contribution is -2.34. The molecule has 67 heavy (non-hydrogen) atoms. The summed E-state index contributed by atoms with van der Waals surface area (Å²) in [7, 11) is 0. The minimum Gasteiger partial charge on any atom is -0.505 e. The molecule has 0 bridgehead atoms. The van der Waals surface area contributed by atoms with Crippen molar-refractivity contribution >= 4 is 51.5 Å². The third-order valence-electron chi connectivity index (χ3n) is 13.0. The van der Waals surface area contributed by atoms with Gasteiger partial charge >= 0.3 is 5.97 Å². The van der Waals surface area contributed by atoms with Gasteiger partial charge in [0.1, 0.15) is 12.4 Å². The number of rotatable bonds is 19. The largest absolute Gasteiger partial charge is 0.505 e. The topological polar surface area (TPSA) is 157 Å². The smallest absolute Gasteiger partial charge is 0.306 e. The Kier molecular flexibility index (Phi) is 16.2. The van der Waals surface area contributed by atoms with Crippen LogP contribution in [-0.4, -0.2) is 47.2 Å². The van der Waals surface area contributed by atoms with E-state index in [0.717, 1.165) is 51.8 Å². The van der Waals surface area contributed by atoms with Crippen molar-refractivity contribution in [2.75, 3.05) is 24.3 Å². The number of carbonyl (C=O) groups excluding carboxylic acids is 1. The Hall–Kier alpha value is -6.61. The van der Waals surface area contributed by atoms with Crippen LogP contribution in [0, 0.1) is 10.8 Å². The van der Waals surface area contributed by atoms with Crippen LogP contribution in [0.25, 0.3) is 5.57 Å². The van der Waals surface area contributed by atoms with Crippen molar-refractivity contribution in [1.29, 1.82) is 10.8 Å². The van der Waals surface area contributed by atoms with Crippen LogP contribution in [0.1, 0.15) is 128 Å². The molecule has 0 saturated carbocycles. The SMILES string of the molecule is CCCCCCCCOC(=O)CCc1cc(NCN=C2C=CC(c3ccc(C(C)(C)C4=CC(C(C)(C)c5ccccc5)=CC(=Nc5ccccc5N)C4=N)cc3)=CC2=N)c(O)c(C(C)(C)C)c1. The molecule has 0 aliphatic heterocycles. The van der Waals surface area contributed by atoms with Crippen molar-refractivity contribution < 1.29 is 14.6 Å². The maximum Gasteiger partial charge on any atom is 0.306 e. The second-order valence-electron chi connectivity index (χ2n) is 19.8. The number of nitrogens with two attached hydrogens (primary N) is 1. The number of nitrogen functional groups attached to an aromatic ring is 1. The number of aryl methyl sites for hydroxylation is 1. The Labute approximate surface area is 398 Å². The summed E-state index contributed by atoms with van der Waals surface area (Å²) in [6, 6.07) is 30.1. The minimum atomic E-state index is -0.568. The van der Waals surface area contributed by atoms with Crippen molar-refractivity contribution in [3.63, 3.8) is 0 Å². The molecular formula is C58H70N6O3. The van der Waals surface area contributed by atoms with Crippen LogP contribution in [0.5, 0.6) is 5.75 Å². The Morgan fingerprint density at radius 1 is 0.761 bits per heavy atom. The number of ether oxygens (including phenoxy) is 1. The van der Waals surface area contributed by atoms with E-state index in [0.29, 0.717) is 47.2 Å². The lowest BCUT2D eigenvalue weighted by atomic mass is 9.68. The predicted octanol–water partition coefficient (Wildman–Crippen LogP) is 13.5. The Balaban J connectivity index is 1.14. The number of carbonyl (C=O) groups is 1. The van der Waals surface area contributed by atoms with E-state index < -0.39 is 5.41 Å². The summed E-state index contributed by atoms with van der Waals surface area (Å²) >= 11 is 0. The van der Waals surface area contributed by atoms with E-state index in [2.05, 4.69) is 94.5 Å². The number of hydrogen-bond acceptors (Lipinski definition) is 9. The van der Waals surface area contributed by atoms with Gasteiger partial charge in [-0.25, -0.2) is 4.99 Å². The molecule has 0 radical (unpaired) electrons. The maximum absolute atomic E-state index is 12.6. The van der Waals surface area contributed by atoms with Gasteiger partial charge in [-0.1, -0.05) is 172 Å². The molecule has 6 N–H and O–H groups in total. The average molecular weight is 899 g/mol. The normalized spacial score (nSPS) is 15.7. The minimum absolute atomic E-state index is 0.144. The summed E-state index contributed by atoms with van der Waals surface area (Å²) in [5.41, 5.74) is 16.2. The summed E-state index contributed by atoms with van der Waals surface area (Å²) in [5.74, 6) is -0.0563. The second kappa shape index (κ2) is 21.8. The Morgan fingerprint density at radius 2 is 1.43 bits per heavy atom. The number of aliphatic imine (C=N–C) groups is 2. The molecule has 0 saturated heterocycles. The number of hydrogen-bond donors (Lipinski definition) is 5. The fourth-order valence-electron chi connectivity index (χ4n) is 8.54. The van der Waals surface area contributed by atoms with E-state index in [-0.39, 0.29) is 41.3 Å². The summed E-state index contributed by atoms with van der Waals surface area (Å²) < 4.78 is 5.52. The summed E-state index contributed by atoms with van der Waals surface area (Å²) in [6.45, 7) is 17.7. The summed E-state index contributed by atoms with van der Waals surface area (Å²) in [6.07, 6.45) is 17.4. The number of allylic oxidation sites excluding steroid dienone is 8. The molecule has 4 aromatic carbocycles. The highest BCUT2D eigenvalue weighted by Crippen LogP contribution is 2.42. The lowest BCUT2D eigenvalue weighted by molar-refractivity contribution is -0.143. The highest BCUT2D eigenvalue weighted by molar-refractivity contribution is 6.53. The van der Waals surface area contributed by atoms with Gasteiger partial charge in [-0.05, 0) is 93.7 Å². The molecule has 9 nitrogen and oxygen atoms in total. The number of anilines is 2. The standard InChI is InChI=1S/C58H70N6O3/c1-9-10-11-12-13-19-32-67-53(65)31-24-39-33-46(56(2,3)4)55(66)52(34-39)63-38-62-49-30-27-41(35-48(49)60)40-25-28-43(29-26-40)58(7,8)45-36-44(57(5,6)42-20-15-14-16-21-42)37-51(54(45)61)64-50-23-18-17-22-47(50)59/h14-18,20-23,25-30,33-37,60-61,63,66H,9-13,19,24,31-32,38,59H2,1-8H3. The molecule has 0 unspecified atom stereocenters. The van der Waals surface area contributed by atoms with E-state index in [4.69, 9.17) is 25.9 Å². The van der Waals surface area contributed by atoms with Crippen LogP contribution in [0.2, 0.25) is 0 Å². The Morgan fingerprint density at radius 3 is 2.12 bits per heavy atom. The highest BCUT2D eigenvalue weighted by Gasteiger charge is 2.36. The first-order chi connectivity index (χ1) is 31.9. The first-order valence-electron chi connectivity index (χ1n) is 23.8. The van der Waals surface area contributed by atoms with Crippen molar-refractivity contribution in [1.82, 2.24) is 0 Å². The zero-order valence-corrected chi connectivity index (χ0v) is 40.9. The predicted molar refractivity (Wildman–Crippen MR) is 281 cm³/mol. The number of nitrogens with zero attached hydrogens (tertiary/aromatic N) is 2. The molecule has 0 fully saturated rings. The molecule has 4 aromatic rings. The maximum atomic E-state index is 12.6. The van der Waals surface area contributed by atoms with E-state index >= 15 is 0 Å². The summed E-state index contributed by atoms with van der Waals surface area (Å²) in [4.78, 5) is 22.2. The molecule has 0 amide bonds. The van der Waals surface area contributed by atoms with Gasteiger partial charge in [0.15, 0.2) is 0 Å².